The summed E-state index contributed by atoms with van der Waals surface area (Å²) >= 11 is 1.44. The lowest BCUT2D eigenvalue weighted by atomic mass is 10.0. The van der Waals surface area contributed by atoms with Crippen LogP contribution in [0.2, 0.25) is 0 Å². The van der Waals surface area contributed by atoms with Gasteiger partial charge in [-0.15, -0.1) is 11.3 Å². The lowest BCUT2D eigenvalue weighted by molar-refractivity contribution is -0.126. The van der Waals surface area contributed by atoms with Crippen LogP contribution in [-0.4, -0.2) is 73.6 Å². The van der Waals surface area contributed by atoms with Gasteiger partial charge in [-0.05, 0) is 50.1 Å². The van der Waals surface area contributed by atoms with Gasteiger partial charge in [0.15, 0.2) is 0 Å². The molecule has 2 amide bonds. The monoisotopic (exact) mass is 379 g/mol. The van der Waals surface area contributed by atoms with Gasteiger partial charge >= 0.3 is 0 Å². The van der Waals surface area contributed by atoms with Crippen LogP contribution < -0.4 is 5.32 Å². The van der Waals surface area contributed by atoms with Crippen molar-refractivity contribution in [3.05, 3.63) is 22.4 Å². The highest BCUT2D eigenvalue weighted by Crippen LogP contribution is 2.21. The summed E-state index contributed by atoms with van der Waals surface area (Å²) in [5.41, 5.74) is 0. The molecule has 1 aromatic heterocycles. The first-order chi connectivity index (χ1) is 12.8. The molecule has 0 spiro atoms. The minimum atomic E-state index is -0.322. The van der Waals surface area contributed by atoms with Gasteiger partial charge < -0.3 is 15.0 Å². The van der Waals surface area contributed by atoms with E-state index >= 15 is 0 Å². The number of nitrogens with zero attached hydrogens (tertiary/aromatic N) is 2. The van der Waals surface area contributed by atoms with E-state index in [4.69, 9.17) is 4.74 Å². The summed E-state index contributed by atoms with van der Waals surface area (Å²) in [7, 11) is 0. The molecule has 2 saturated heterocycles. The Morgan fingerprint density at radius 3 is 2.81 bits per heavy atom. The van der Waals surface area contributed by atoms with Crippen LogP contribution in [0.1, 0.15) is 41.8 Å². The molecule has 2 aliphatic heterocycles. The average Bonchev–Trinajstić information content (AvgIpc) is 3.22. The van der Waals surface area contributed by atoms with Gasteiger partial charge in [0.2, 0.25) is 5.91 Å². The summed E-state index contributed by atoms with van der Waals surface area (Å²) in [6.07, 6.45) is 4.78. The minimum absolute atomic E-state index is 0.000906. The number of piperidine rings is 1. The lowest BCUT2D eigenvalue weighted by Crippen LogP contribution is -2.52. The third kappa shape index (κ3) is 5.28. The number of unbranched alkanes of at least 4 members (excludes halogenated alkanes) is 1. The van der Waals surface area contributed by atoms with Gasteiger partial charge in [0.1, 0.15) is 6.04 Å². The van der Waals surface area contributed by atoms with Crippen LogP contribution in [0, 0.1) is 0 Å². The van der Waals surface area contributed by atoms with Crippen molar-refractivity contribution >= 4 is 23.2 Å². The predicted octanol–water partition coefficient (Wildman–Crippen LogP) is 1.97. The highest BCUT2D eigenvalue weighted by atomic mass is 32.1. The molecular formula is C19H29N3O3S. The molecule has 1 aromatic rings. The maximum absolute atomic E-state index is 12.7. The summed E-state index contributed by atoms with van der Waals surface area (Å²) in [5.74, 6) is -0.00635. The second-order valence-corrected chi connectivity index (χ2v) is 7.89. The standard InChI is InChI=1S/C19H29N3O3S/c23-18(20-8-2-4-9-21-11-13-25-14-12-21)16-6-1-3-10-22(16)19(24)17-7-5-15-26-17/h5,7,15-16H,1-4,6,8-14H2,(H,20,23). The van der Waals surface area contributed by atoms with Crippen LogP contribution in [0.5, 0.6) is 0 Å². The molecule has 144 valence electrons. The Bertz CT molecular complexity index is 573. The maximum atomic E-state index is 12.7. The van der Waals surface area contributed by atoms with Crippen molar-refractivity contribution < 1.29 is 14.3 Å². The quantitative estimate of drug-likeness (QED) is 0.736. The fourth-order valence-electron chi connectivity index (χ4n) is 3.60. The minimum Gasteiger partial charge on any atom is -0.379 e. The Morgan fingerprint density at radius 1 is 1.19 bits per heavy atom. The van der Waals surface area contributed by atoms with Crippen molar-refractivity contribution in [2.45, 2.75) is 38.1 Å². The van der Waals surface area contributed by atoms with Crippen molar-refractivity contribution in [3.63, 3.8) is 0 Å². The number of thiophene rings is 1. The van der Waals surface area contributed by atoms with E-state index < -0.39 is 0 Å². The normalized spacial score (nSPS) is 21.5. The number of carbonyl (C=O) groups excluding carboxylic acids is 2. The van der Waals surface area contributed by atoms with Gasteiger partial charge in [-0.1, -0.05) is 6.07 Å². The number of nitrogens with one attached hydrogen (secondary N) is 1. The summed E-state index contributed by atoms with van der Waals surface area (Å²) in [6.45, 7) is 6.08. The number of rotatable bonds is 7. The Hall–Kier alpha value is -1.44. The number of hydrogen-bond acceptors (Lipinski definition) is 5. The van der Waals surface area contributed by atoms with Gasteiger partial charge in [-0.2, -0.15) is 0 Å². The molecule has 2 fully saturated rings. The number of ether oxygens (including phenoxy) is 1. The van der Waals surface area contributed by atoms with Crippen LogP contribution in [0.25, 0.3) is 0 Å². The molecule has 3 heterocycles. The maximum Gasteiger partial charge on any atom is 0.264 e. The molecule has 6 nitrogen and oxygen atoms in total. The number of carbonyl (C=O) groups is 2. The molecule has 0 aromatic carbocycles. The third-order valence-corrected chi connectivity index (χ3v) is 5.96. The molecule has 0 saturated carbocycles. The van der Waals surface area contributed by atoms with E-state index in [0.717, 1.165) is 69.8 Å². The third-order valence-electron chi connectivity index (χ3n) is 5.10. The zero-order valence-corrected chi connectivity index (χ0v) is 16.1. The molecule has 0 aliphatic carbocycles. The second-order valence-electron chi connectivity index (χ2n) is 6.94. The molecular weight excluding hydrogens is 350 g/mol. The van der Waals surface area contributed by atoms with Gasteiger partial charge in [0.05, 0.1) is 18.1 Å². The van der Waals surface area contributed by atoms with E-state index in [1.54, 1.807) is 4.90 Å². The summed E-state index contributed by atoms with van der Waals surface area (Å²) < 4.78 is 5.35. The van der Waals surface area contributed by atoms with Gasteiger partial charge in [-0.25, -0.2) is 0 Å². The van der Waals surface area contributed by atoms with Gasteiger partial charge in [0, 0.05) is 26.2 Å². The SMILES string of the molecule is O=C(NCCCCN1CCOCC1)C1CCCCN1C(=O)c1cccs1. The lowest BCUT2D eigenvalue weighted by Gasteiger charge is -2.34. The molecule has 2 aliphatic rings. The number of amides is 2. The van der Waals surface area contributed by atoms with Crippen LogP contribution in [0.15, 0.2) is 17.5 Å². The van der Waals surface area contributed by atoms with Crippen molar-refractivity contribution in [1.82, 2.24) is 15.1 Å². The highest BCUT2D eigenvalue weighted by molar-refractivity contribution is 7.12. The van der Waals surface area contributed by atoms with Crippen LogP contribution in [0.4, 0.5) is 0 Å². The smallest absolute Gasteiger partial charge is 0.264 e. The zero-order chi connectivity index (χ0) is 18.2. The van der Waals surface area contributed by atoms with Crippen molar-refractivity contribution in [2.75, 3.05) is 45.9 Å². The molecule has 0 radical (unpaired) electrons. The van der Waals surface area contributed by atoms with E-state index in [-0.39, 0.29) is 17.9 Å². The van der Waals surface area contributed by atoms with Gasteiger partial charge in [0.25, 0.3) is 5.91 Å². The molecule has 1 unspecified atom stereocenters. The number of likely N-dealkylation sites (tertiary alicyclic amines) is 1. The van der Waals surface area contributed by atoms with Crippen molar-refractivity contribution in [1.29, 1.82) is 0 Å². The molecule has 1 N–H and O–H groups in total. The van der Waals surface area contributed by atoms with Crippen LogP contribution >= 0.6 is 11.3 Å². The van der Waals surface area contributed by atoms with E-state index in [1.165, 1.54) is 11.3 Å². The topological polar surface area (TPSA) is 61.9 Å². The zero-order valence-electron chi connectivity index (χ0n) is 15.3. The van der Waals surface area contributed by atoms with E-state index in [2.05, 4.69) is 10.2 Å². The van der Waals surface area contributed by atoms with Crippen molar-refractivity contribution in [2.24, 2.45) is 0 Å². The Morgan fingerprint density at radius 2 is 2.04 bits per heavy atom. The van der Waals surface area contributed by atoms with E-state index in [1.807, 2.05) is 17.5 Å². The number of hydrogen-bond donors (Lipinski definition) is 1. The largest absolute Gasteiger partial charge is 0.379 e. The van der Waals surface area contributed by atoms with Gasteiger partial charge in [-0.3, -0.25) is 14.5 Å². The highest BCUT2D eigenvalue weighted by Gasteiger charge is 2.32. The summed E-state index contributed by atoms with van der Waals surface area (Å²) in [5, 5.41) is 4.95. The van der Waals surface area contributed by atoms with Crippen LogP contribution in [-0.2, 0) is 9.53 Å². The molecule has 26 heavy (non-hydrogen) atoms. The molecule has 7 heteroatoms. The fourth-order valence-corrected chi connectivity index (χ4v) is 4.28. The van der Waals surface area contributed by atoms with E-state index in [0.29, 0.717) is 13.1 Å². The number of morpholine rings is 1. The Kier molecular flexibility index (Phi) is 7.46. The first-order valence-electron chi connectivity index (χ1n) is 9.68. The molecule has 3 rings (SSSR count). The van der Waals surface area contributed by atoms with E-state index in [9.17, 15) is 9.59 Å². The Labute approximate surface area is 159 Å². The molecule has 0 bridgehead atoms. The predicted molar refractivity (Wildman–Crippen MR) is 102 cm³/mol. The Balaban J connectivity index is 1.41. The summed E-state index contributed by atoms with van der Waals surface area (Å²) in [4.78, 5) is 30.2. The average molecular weight is 380 g/mol. The molecule has 1 atom stereocenters. The summed E-state index contributed by atoms with van der Waals surface area (Å²) in [6, 6.07) is 3.39. The first-order valence-corrected chi connectivity index (χ1v) is 10.6. The van der Waals surface area contributed by atoms with Crippen LogP contribution in [0.3, 0.4) is 0 Å². The van der Waals surface area contributed by atoms with Crippen molar-refractivity contribution in [3.8, 4) is 0 Å². The second kappa shape index (κ2) is 10.0. The fraction of sp³-hybridized carbons (Fsp3) is 0.684. The first kappa shape index (κ1) is 19.3.